The Kier molecular flexibility index (Phi) is 2.84. The van der Waals surface area contributed by atoms with Gasteiger partial charge in [0.05, 0.1) is 16.9 Å². The third-order valence-corrected chi connectivity index (χ3v) is 3.80. The van der Waals surface area contributed by atoms with E-state index in [9.17, 15) is 9.59 Å². The van der Waals surface area contributed by atoms with Gasteiger partial charge in [0.2, 0.25) is 11.8 Å². The van der Waals surface area contributed by atoms with Crippen LogP contribution in [0.1, 0.15) is 19.3 Å². The fourth-order valence-corrected chi connectivity index (χ4v) is 2.50. The lowest BCUT2D eigenvalue weighted by molar-refractivity contribution is -0.146. The van der Waals surface area contributed by atoms with Gasteiger partial charge in [-0.25, -0.2) is 0 Å². The molecule has 2 rings (SSSR count). The van der Waals surface area contributed by atoms with Crippen LogP contribution < -0.4 is 11.1 Å². The maximum Gasteiger partial charge on any atom is 0.239 e. The molecule has 0 spiro atoms. The Hall–Kier alpha value is -1.17. The average molecular weight is 241 g/mol. The fourth-order valence-electron chi connectivity index (χ4n) is 2.21. The summed E-state index contributed by atoms with van der Waals surface area (Å²) < 4.78 is 0. The molecule has 2 aliphatic rings. The van der Waals surface area contributed by atoms with Gasteiger partial charge in [0.25, 0.3) is 0 Å². The third-order valence-electron chi connectivity index (χ3n) is 3.41. The second kappa shape index (κ2) is 4.01. The van der Waals surface area contributed by atoms with Crippen molar-refractivity contribution < 1.29 is 9.59 Å². The molecule has 0 unspecified atom stereocenters. The van der Waals surface area contributed by atoms with Crippen LogP contribution in [-0.4, -0.2) is 41.3 Å². The van der Waals surface area contributed by atoms with Gasteiger partial charge in [0.15, 0.2) is 0 Å². The Morgan fingerprint density at radius 2 is 2.19 bits per heavy atom. The molecule has 1 saturated carbocycles. The molecule has 0 aromatic heterocycles. The second-order valence-corrected chi connectivity index (χ2v) is 4.82. The van der Waals surface area contributed by atoms with Crippen molar-refractivity contribution in [2.24, 2.45) is 11.1 Å². The van der Waals surface area contributed by atoms with Crippen LogP contribution in [0.2, 0.25) is 0 Å². The van der Waals surface area contributed by atoms with Crippen LogP contribution in [0, 0.1) is 5.41 Å². The molecule has 5 nitrogen and oxygen atoms in total. The Morgan fingerprint density at radius 1 is 1.50 bits per heavy atom. The molecule has 0 bridgehead atoms. The summed E-state index contributed by atoms with van der Waals surface area (Å²) in [5.74, 6) is -0.182. The van der Waals surface area contributed by atoms with E-state index < -0.39 is 5.41 Å². The van der Waals surface area contributed by atoms with Crippen molar-refractivity contribution in [3.8, 4) is 0 Å². The molecule has 2 amide bonds. The number of rotatable bonds is 2. The number of nitrogens with one attached hydrogen (secondary N) is 1. The molecular formula is C10H15N3O2S. The monoisotopic (exact) mass is 241 g/mol. The highest BCUT2D eigenvalue weighted by Crippen LogP contribution is 2.42. The number of hydrogen-bond donors (Lipinski definition) is 2. The van der Waals surface area contributed by atoms with Crippen LogP contribution in [0.4, 0.5) is 0 Å². The summed E-state index contributed by atoms with van der Waals surface area (Å²) in [6.07, 6.45) is 2.42. The Bertz CT molecular complexity index is 352. The third kappa shape index (κ3) is 1.67. The number of carbonyl (C=O) groups is 2. The fraction of sp³-hybridized carbons (Fsp3) is 0.700. The van der Waals surface area contributed by atoms with Gasteiger partial charge in [-0.15, -0.1) is 0 Å². The predicted molar refractivity (Wildman–Crippen MR) is 62.7 cm³/mol. The average Bonchev–Trinajstić information content (AvgIpc) is 2.15. The van der Waals surface area contributed by atoms with Crippen LogP contribution in [0.15, 0.2) is 0 Å². The van der Waals surface area contributed by atoms with Crippen molar-refractivity contribution in [1.29, 1.82) is 0 Å². The summed E-state index contributed by atoms with van der Waals surface area (Å²) >= 11 is 4.99. The van der Waals surface area contributed by atoms with Crippen LogP contribution in [0.25, 0.3) is 0 Å². The number of piperazine rings is 1. The molecule has 0 atom stereocenters. The van der Waals surface area contributed by atoms with Crippen molar-refractivity contribution in [2.75, 3.05) is 19.6 Å². The van der Waals surface area contributed by atoms with Gasteiger partial charge in [-0.2, -0.15) is 0 Å². The van der Waals surface area contributed by atoms with E-state index in [1.165, 1.54) is 0 Å². The van der Waals surface area contributed by atoms with Gasteiger partial charge in [-0.05, 0) is 12.8 Å². The summed E-state index contributed by atoms with van der Waals surface area (Å²) in [5.41, 5.74) is 5.00. The van der Waals surface area contributed by atoms with E-state index in [2.05, 4.69) is 5.32 Å². The molecule has 3 N–H and O–H groups in total. The zero-order chi connectivity index (χ0) is 11.8. The first-order valence-electron chi connectivity index (χ1n) is 5.42. The van der Waals surface area contributed by atoms with Crippen molar-refractivity contribution >= 4 is 29.0 Å². The first-order chi connectivity index (χ1) is 7.56. The Balaban J connectivity index is 2.11. The molecule has 1 aliphatic heterocycles. The number of carbonyl (C=O) groups excluding carboxylic acids is 2. The Labute approximate surface area is 99.3 Å². The lowest BCUT2D eigenvalue weighted by Crippen LogP contribution is -2.59. The summed E-state index contributed by atoms with van der Waals surface area (Å²) in [4.78, 5) is 25.3. The van der Waals surface area contributed by atoms with E-state index in [0.717, 1.165) is 19.3 Å². The molecule has 1 saturated heterocycles. The normalized spacial score (nSPS) is 23.2. The number of nitrogens with zero attached hydrogens (tertiary/aromatic N) is 1. The zero-order valence-corrected chi connectivity index (χ0v) is 9.81. The largest absolute Gasteiger partial charge is 0.392 e. The molecule has 0 aromatic carbocycles. The summed E-state index contributed by atoms with van der Waals surface area (Å²) in [6, 6.07) is 0. The summed E-state index contributed by atoms with van der Waals surface area (Å²) in [7, 11) is 0. The molecule has 88 valence electrons. The molecule has 0 radical (unpaired) electrons. The van der Waals surface area contributed by atoms with Crippen LogP contribution >= 0.6 is 12.2 Å². The SMILES string of the molecule is NC(=S)C1(C(=O)N2CCNC(=O)C2)CCC1. The van der Waals surface area contributed by atoms with Crippen molar-refractivity contribution in [1.82, 2.24) is 10.2 Å². The first kappa shape index (κ1) is 11.3. The van der Waals surface area contributed by atoms with E-state index in [0.29, 0.717) is 13.1 Å². The van der Waals surface area contributed by atoms with E-state index >= 15 is 0 Å². The van der Waals surface area contributed by atoms with Crippen LogP contribution in [-0.2, 0) is 9.59 Å². The topological polar surface area (TPSA) is 75.4 Å². The van der Waals surface area contributed by atoms with Gasteiger partial charge >= 0.3 is 0 Å². The lowest BCUT2D eigenvalue weighted by Gasteiger charge is -2.43. The predicted octanol–water partition coefficient (Wildman–Crippen LogP) is -0.599. The smallest absolute Gasteiger partial charge is 0.239 e. The van der Waals surface area contributed by atoms with Gasteiger partial charge in [-0.1, -0.05) is 18.6 Å². The Morgan fingerprint density at radius 3 is 2.62 bits per heavy atom. The number of thiocarbonyl (C=S) groups is 1. The maximum absolute atomic E-state index is 12.3. The van der Waals surface area contributed by atoms with Gasteiger partial charge in [0, 0.05) is 13.1 Å². The highest BCUT2D eigenvalue weighted by molar-refractivity contribution is 7.80. The molecule has 1 heterocycles. The van der Waals surface area contributed by atoms with Gasteiger partial charge in [0.1, 0.15) is 0 Å². The minimum atomic E-state index is -0.660. The zero-order valence-electron chi connectivity index (χ0n) is 8.99. The molecule has 2 fully saturated rings. The highest BCUT2D eigenvalue weighted by atomic mass is 32.1. The van der Waals surface area contributed by atoms with Gasteiger partial charge < -0.3 is 16.0 Å². The minimum absolute atomic E-state index is 0.0684. The van der Waals surface area contributed by atoms with Crippen LogP contribution in [0.3, 0.4) is 0 Å². The number of amides is 2. The highest BCUT2D eigenvalue weighted by Gasteiger charge is 2.49. The van der Waals surface area contributed by atoms with Crippen molar-refractivity contribution in [3.63, 3.8) is 0 Å². The lowest BCUT2D eigenvalue weighted by atomic mass is 9.67. The summed E-state index contributed by atoms with van der Waals surface area (Å²) in [5, 5.41) is 2.69. The van der Waals surface area contributed by atoms with Gasteiger partial charge in [-0.3, -0.25) is 9.59 Å². The van der Waals surface area contributed by atoms with Crippen molar-refractivity contribution in [2.45, 2.75) is 19.3 Å². The maximum atomic E-state index is 12.3. The standard InChI is InChI=1S/C10H15N3O2S/c11-8(16)10(2-1-3-10)9(15)13-5-4-12-7(14)6-13/h1-6H2,(H2,11,16)(H,12,14). The molecule has 6 heteroatoms. The van der Waals surface area contributed by atoms with Crippen molar-refractivity contribution in [3.05, 3.63) is 0 Å². The van der Waals surface area contributed by atoms with E-state index in [1.807, 2.05) is 0 Å². The van der Waals surface area contributed by atoms with Crippen LogP contribution in [0.5, 0.6) is 0 Å². The molecule has 16 heavy (non-hydrogen) atoms. The number of hydrogen-bond acceptors (Lipinski definition) is 3. The number of nitrogens with two attached hydrogens (primary N) is 1. The summed E-state index contributed by atoms with van der Waals surface area (Å²) in [6.45, 7) is 1.19. The quantitative estimate of drug-likeness (QED) is 0.633. The van der Waals surface area contributed by atoms with E-state index in [1.54, 1.807) is 4.90 Å². The molecule has 1 aliphatic carbocycles. The second-order valence-electron chi connectivity index (χ2n) is 4.38. The molecular weight excluding hydrogens is 226 g/mol. The van der Waals surface area contributed by atoms with E-state index in [4.69, 9.17) is 18.0 Å². The van der Waals surface area contributed by atoms with E-state index in [-0.39, 0.29) is 23.3 Å². The minimum Gasteiger partial charge on any atom is -0.392 e. The first-order valence-corrected chi connectivity index (χ1v) is 5.83. The molecule has 0 aromatic rings.